The van der Waals surface area contributed by atoms with Crippen molar-refractivity contribution in [2.45, 2.75) is 20.0 Å². The number of aromatic hydroxyl groups is 1. The number of aliphatic hydroxyl groups is 1. The second-order valence-corrected chi connectivity index (χ2v) is 3.65. The zero-order valence-corrected chi connectivity index (χ0v) is 10.4. The Morgan fingerprint density at radius 1 is 1.61 bits per heavy atom. The van der Waals surface area contributed by atoms with Crippen LogP contribution >= 0.6 is 0 Å². The quantitative estimate of drug-likeness (QED) is 0.590. The van der Waals surface area contributed by atoms with Crippen LogP contribution in [-0.2, 0) is 16.1 Å². The molecule has 98 valence electrons. The highest BCUT2D eigenvalue weighted by Crippen LogP contribution is 2.21. The van der Waals surface area contributed by atoms with E-state index in [1.165, 1.54) is 19.5 Å². The normalized spacial score (nSPS) is 10.8. The van der Waals surface area contributed by atoms with Gasteiger partial charge in [0, 0.05) is 30.1 Å². The first-order valence-electron chi connectivity index (χ1n) is 5.45. The molecule has 0 aliphatic carbocycles. The van der Waals surface area contributed by atoms with Crippen LogP contribution in [0.25, 0.3) is 0 Å². The van der Waals surface area contributed by atoms with Crippen molar-refractivity contribution in [3.05, 3.63) is 23.0 Å². The first-order chi connectivity index (χ1) is 8.60. The molecular weight excluding hydrogens is 236 g/mol. The van der Waals surface area contributed by atoms with E-state index in [0.29, 0.717) is 16.8 Å². The third kappa shape index (κ3) is 3.53. The van der Waals surface area contributed by atoms with E-state index in [0.717, 1.165) is 0 Å². The molecule has 0 aliphatic heterocycles. The Labute approximate surface area is 105 Å². The Bertz CT molecular complexity index is 458. The topological polar surface area (TPSA) is 92.0 Å². The maximum Gasteiger partial charge on any atom is 0.307 e. The van der Waals surface area contributed by atoms with E-state index in [1.807, 2.05) is 0 Å². The third-order valence-corrected chi connectivity index (χ3v) is 2.42. The van der Waals surface area contributed by atoms with Gasteiger partial charge >= 0.3 is 5.97 Å². The fourth-order valence-corrected chi connectivity index (χ4v) is 1.34. The molecule has 0 aromatic carbocycles. The monoisotopic (exact) mass is 252 g/mol. The average Bonchev–Trinajstić information content (AvgIpc) is 2.38. The molecule has 0 saturated carbocycles. The summed E-state index contributed by atoms with van der Waals surface area (Å²) >= 11 is 0. The van der Waals surface area contributed by atoms with Gasteiger partial charge in [0.05, 0.1) is 25.8 Å². The number of nitrogens with zero attached hydrogens (tertiary/aromatic N) is 2. The maximum atomic E-state index is 10.9. The lowest BCUT2D eigenvalue weighted by molar-refractivity contribution is -0.140. The number of carbonyl (C=O) groups excluding carboxylic acids is 1. The highest BCUT2D eigenvalue weighted by Gasteiger charge is 2.09. The molecule has 0 atom stereocenters. The predicted octanol–water partition coefficient (Wildman–Crippen LogP) is 0.570. The van der Waals surface area contributed by atoms with Crippen LogP contribution in [0, 0.1) is 6.92 Å². The summed E-state index contributed by atoms with van der Waals surface area (Å²) in [7, 11) is 1.31. The first-order valence-corrected chi connectivity index (χ1v) is 5.45. The number of ether oxygens (including phenoxy) is 1. The molecule has 1 heterocycles. The summed E-state index contributed by atoms with van der Waals surface area (Å²) in [4.78, 5) is 18.8. The Morgan fingerprint density at radius 2 is 2.33 bits per heavy atom. The molecule has 1 aromatic heterocycles. The maximum absolute atomic E-state index is 10.9. The summed E-state index contributed by atoms with van der Waals surface area (Å²) in [5.41, 5.74) is 1.37. The van der Waals surface area contributed by atoms with Gasteiger partial charge in [-0.15, -0.1) is 0 Å². The highest BCUT2D eigenvalue weighted by atomic mass is 16.5. The van der Waals surface area contributed by atoms with E-state index < -0.39 is 0 Å². The van der Waals surface area contributed by atoms with Crippen molar-refractivity contribution in [2.24, 2.45) is 4.99 Å². The Balaban J connectivity index is 2.80. The number of hydrogen-bond donors (Lipinski definition) is 2. The molecule has 0 spiro atoms. The number of hydrogen-bond acceptors (Lipinski definition) is 6. The van der Waals surface area contributed by atoms with Crippen molar-refractivity contribution in [1.82, 2.24) is 4.98 Å². The SMILES string of the molecule is COC(=O)CCN=Cc1c(CO)cnc(C)c1O. The van der Waals surface area contributed by atoms with Gasteiger partial charge in [-0.25, -0.2) is 0 Å². The second-order valence-electron chi connectivity index (χ2n) is 3.65. The van der Waals surface area contributed by atoms with Gasteiger partial charge in [-0.3, -0.25) is 14.8 Å². The minimum absolute atomic E-state index is 0.0108. The molecule has 1 rings (SSSR count). The number of aromatic nitrogens is 1. The molecule has 0 unspecified atom stereocenters. The number of aliphatic hydroxyl groups excluding tert-OH is 1. The number of carbonyl (C=O) groups is 1. The number of methoxy groups -OCH3 is 1. The smallest absolute Gasteiger partial charge is 0.307 e. The van der Waals surface area contributed by atoms with Crippen LogP contribution in [0.1, 0.15) is 23.2 Å². The standard InChI is InChI=1S/C12H16N2O4/c1-8-12(17)10(9(7-15)5-14-8)6-13-4-3-11(16)18-2/h5-6,15,17H,3-4,7H2,1-2H3. The van der Waals surface area contributed by atoms with Gasteiger partial charge in [-0.1, -0.05) is 0 Å². The molecule has 0 fully saturated rings. The minimum Gasteiger partial charge on any atom is -0.505 e. The highest BCUT2D eigenvalue weighted by molar-refractivity contribution is 5.85. The van der Waals surface area contributed by atoms with Crippen LogP contribution in [0.3, 0.4) is 0 Å². The van der Waals surface area contributed by atoms with Gasteiger partial charge in [0.1, 0.15) is 5.75 Å². The van der Waals surface area contributed by atoms with E-state index in [1.54, 1.807) is 6.92 Å². The zero-order chi connectivity index (χ0) is 13.5. The lowest BCUT2D eigenvalue weighted by Gasteiger charge is -2.06. The number of aryl methyl sites for hydroxylation is 1. The molecule has 0 saturated heterocycles. The summed E-state index contributed by atoms with van der Waals surface area (Å²) in [5, 5.41) is 18.9. The summed E-state index contributed by atoms with van der Waals surface area (Å²) in [5.74, 6) is -0.354. The van der Waals surface area contributed by atoms with Crippen LogP contribution in [0.5, 0.6) is 5.75 Å². The minimum atomic E-state index is -0.343. The second kappa shape index (κ2) is 6.70. The molecule has 6 nitrogen and oxygen atoms in total. The number of aliphatic imine (C=N–C) groups is 1. The Hall–Kier alpha value is -1.95. The fourth-order valence-electron chi connectivity index (χ4n) is 1.34. The van der Waals surface area contributed by atoms with Crippen molar-refractivity contribution in [1.29, 1.82) is 0 Å². The summed E-state index contributed by atoms with van der Waals surface area (Å²) in [6, 6.07) is 0. The van der Waals surface area contributed by atoms with Gasteiger partial charge in [0.15, 0.2) is 0 Å². The van der Waals surface area contributed by atoms with Gasteiger partial charge in [0.25, 0.3) is 0 Å². The van der Waals surface area contributed by atoms with Gasteiger partial charge < -0.3 is 14.9 Å². The molecule has 0 amide bonds. The van der Waals surface area contributed by atoms with Crippen molar-refractivity contribution >= 4 is 12.2 Å². The summed E-state index contributed by atoms with van der Waals surface area (Å²) < 4.78 is 4.48. The number of rotatable bonds is 5. The molecule has 0 aliphatic rings. The predicted molar refractivity (Wildman–Crippen MR) is 65.7 cm³/mol. The van der Waals surface area contributed by atoms with E-state index in [2.05, 4.69) is 14.7 Å². The number of pyridine rings is 1. The van der Waals surface area contributed by atoms with Crippen molar-refractivity contribution < 1.29 is 19.7 Å². The first kappa shape index (κ1) is 14.1. The van der Waals surface area contributed by atoms with Gasteiger partial charge in [0.2, 0.25) is 0 Å². The average molecular weight is 252 g/mol. The molecule has 0 bridgehead atoms. The zero-order valence-electron chi connectivity index (χ0n) is 10.4. The van der Waals surface area contributed by atoms with Crippen molar-refractivity contribution in [3.63, 3.8) is 0 Å². The fraction of sp³-hybridized carbons (Fsp3) is 0.417. The summed E-state index contributed by atoms with van der Waals surface area (Å²) in [6.07, 6.45) is 3.08. The summed E-state index contributed by atoms with van der Waals surface area (Å²) in [6.45, 7) is 1.68. The number of esters is 1. The molecular formula is C12H16N2O4. The van der Waals surface area contributed by atoms with Crippen LogP contribution in [-0.4, -0.2) is 41.0 Å². The van der Waals surface area contributed by atoms with Crippen molar-refractivity contribution in [3.8, 4) is 5.75 Å². The lowest BCUT2D eigenvalue weighted by atomic mass is 10.1. The van der Waals surface area contributed by atoms with Crippen LogP contribution in [0.15, 0.2) is 11.2 Å². The molecule has 0 radical (unpaired) electrons. The molecule has 1 aromatic rings. The van der Waals surface area contributed by atoms with Crippen LogP contribution < -0.4 is 0 Å². The van der Waals surface area contributed by atoms with Crippen LogP contribution in [0.4, 0.5) is 0 Å². The van der Waals surface area contributed by atoms with E-state index in [4.69, 9.17) is 5.11 Å². The van der Waals surface area contributed by atoms with Crippen LogP contribution in [0.2, 0.25) is 0 Å². The Morgan fingerprint density at radius 3 is 2.94 bits per heavy atom. The van der Waals surface area contributed by atoms with E-state index >= 15 is 0 Å². The largest absolute Gasteiger partial charge is 0.505 e. The van der Waals surface area contributed by atoms with E-state index in [-0.39, 0.29) is 31.3 Å². The molecule has 2 N–H and O–H groups in total. The van der Waals surface area contributed by atoms with Crippen molar-refractivity contribution in [2.75, 3.05) is 13.7 Å². The molecule has 18 heavy (non-hydrogen) atoms. The van der Waals surface area contributed by atoms with Gasteiger partial charge in [-0.2, -0.15) is 0 Å². The lowest BCUT2D eigenvalue weighted by Crippen LogP contribution is -2.02. The van der Waals surface area contributed by atoms with Gasteiger partial charge in [-0.05, 0) is 6.92 Å². The third-order valence-electron chi connectivity index (χ3n) is 2.42. The molecule has 6 heteroatoms. The Kier molecular flexibility index (Phi) is 5.26. The van der Waals surface area contributed by atoms with E-state index in [9.17, 15) is 9.90 Å².